The van der Waals surface area contributed by atoms with Gasteiger partial charge in [-0.25, -0.2) is 0 Å². The number of rotatable bonds is 9. The van der Waals surface area contributed by atoms with Crippen molar-refractivity contribution >= 4 is 44.9 Å². The molecule has 0 radical (unpaired) electrons. The minimum atomic E-state index is 0.0372. The van der Waals surface area contributed by atoms with E-state index in [1.54, 1.807) is 0 Å². The molecule has 0 saturated carbocycles. The van der Waals surface area contributed by atoms with Crippen molar-refractivity contribution in [2.24, 2.45) is 0 Å². The Morgan fingerprint density at radius 3 is 1.13 bits per heavy atom. The lowest BCUT2D eigenvalue weighted by Gasteiger charge is -2.23. The summed E-state index contributed by atoms with van der Waals surface area (Å²) in [6.45, 7) is 6.33. The van der Waals surface area contributed by atoms with Crippen molar-refractivity contribution in [2.75, 3.05) is 16.0 Å². The lowest BCUT2D eigenvalue weighted by atomic mass is 9.82. The third kappa shape index (κ3) is 6.90. The molecule has 0 fully saturated rings. The second kappa shape index (κ2) is 13.3. The van der Waals surface area contributed by atoms with Gasteiger partial charge in [-0.1, -0.05) is 108 Å². The Morgan fingerprint density at radius 2 is 0.702 bits per heavy atom. The van der Waals surface area contributed by atoms with Gasteiger partial charge in [-0.15, -0.1) is 0 Å². The zero-order chi connectivity index (χ0) is 32.2. The molecule has 0 bridgehead atoms. The molecule has 0 saturated heterocycles. The predicted octanol–water partition coefficient (Wildman–Crippen LogP) is 12.2. The number of anilines is 6. The molecule has 0 spiro atoms. The molecule has 0 aliphatic rings. The summed E-state index contributed by atoms with van der Waals surface area (Å²) in [5, 5.41) is 13.2. The second-order valence-corrected chi connectivity index (χ2v) is 12.4. The number of benzene rings is 7. The van der Waals surface area contributed by atoms with Gasteiger partial charge in [0.1, 0.15) is 0 Å². The molecule has 0 aromatic heterocycles. The molecule has 3 heteroatoms. The molecular weight excluding hydrogens is 571 g/mol. The van der Waals surface area contributed by atoms with Crippen LogP contribution in [-0.2, 0) is 0 Å². The average molecular weight is 610 g/mol. The van der Waals surface area contributed by atoms with E-state index in [-0.39, 0.29) is 5.92 Å². The molecule has 0 aliphatic heterocycles. The first-order valence-corrected chi connectivity index (χ1v) is 16.2. The van der Waals surface area contributed by atoms with Gasteiger partial charge in [0.05, 0.1) is 0 Å². The lowest BCUT2D eigenvalue weighted by molar-refractivity contribution is 0.990. The summed E-state index contributed by atoms with van der Waals surface area (Å²) in [5.74, 6) is 0.0372. The minimum absolute atomic E-state index is 0.0372. The minimum Gasteiger partial charge on any atom is -0.356 e. The summed E-state index contributed by atoms with van der Waals surface area (Å²) in [4.78, 5) is 0. The first kappa shape index (κ1) is 29.9. The highest BCUT2D eigenvalue weighted by Crippen LogP contribution is 2.40. The van der Waals surface area contributed by atoms with Crippen LogP contribution in [0.4, 0.5) is 34.1 Å². The van der Waals surface area contributed by atoms with E-state index in [0.717, 1.165) is 34.1 Å². The molecule has 230 valence electrons. The molecule has 0 heterocycles. The fourth-order valence-electron chi connectivity index (χ4n) is 6.15. The highest BCUT2D eigenvalue weighted by Gasteiger charge is 2.20. The topological polar surface area (TPSA) is 36.1 Å². The Kier molecular flexibility index (Phi) is 8.44. The third-order valence-electron chi connectivity index (χ3n) is 8.77. The maximum atomic E-state index is 3.67. The molecule has 47 heavy (non-hydrogen) atoms. The van der Waals surface area contributed by atoms with Gasteiger partial charge in [-0.3, -0.25) is 0 Å². The van der Waals surface area contributed by atoms with E-state index in [4.69, 9.17) is 0 Å². The number of nitrogens with one attached hydrogen (secondary N) is 3. The maximum Gasteiger partial charge on any atom is 0.0464 e. The fraction of sp³-hybridized carbons (Fsp3) is 0.0909. The van der Waals surface area contributed by atoms with Gasteiger partial charge in [0.15, 0.2) is 0 Å². The molecule has 0 unspecified atom stereocenters. The van der Waals surface area contributed by atoms with Crippen LogP contribution in [-0.4, -0.2) is 0 Å². The van der Waals surface area contributed by atoms with Crippen molar-refractivity contribution in [3.8, 4) is 0 Å². The van der Waals surface area contributed by atoms with Crippen LogP contribution >= 0.6 is 0 Å². The van der Waals surface area contributed by atoms with Crippen LogP contribution in [0, 0.1) is 20.8 Å². The van der Waals surface area contributed by atoms with Gasteiger partial charge in [0, 0.05) is 45.4 Å². The van der Waals surface area contributed by atoms with Crippen molar-refractivity contribution in [3.05, 3.63) is 191 Å². The molecule has 0 amide bonds. The van der Waals surface area contributed by atoms with Gasteiger partial charge in [0.2, 0.25) is 0 Å². The zero-order valence-corrected chi connectivity index (χ0v) is 27.1. The van der Waals surface area contributed by atoms with Crippen LogP contribution in [0.3, 0.4) is 0 Å². The smallest absolute Gasteiger partial charge is 0.0464 e. The largest absolute Gasteiger partial charge is 0.356 e. The standard InChI is InChI=1S/C44H39N3/c1-30-8-18-35(19-9-30)45-37-24-14-33(15-25-37)44(34-16-26-38(27-17-34)46-36-20-10-31(2)11-21-36)42-28-29-43(41-7-5-4-6-40(41)42)47-39-22-12-32(3)13-23-39/h4-29,44-47H,1-3H3. The number of hydrogen-bond donors (Lipinski definition) is 3. The molecule has 0 aliphatic carbocycles. The summed E-state index contributed by atoms with van der Waals surface area (Å²) in [6.07, 6.45) is 0. The second-order valence-electron chi connectivity index (χ2n) is 12.4. The van der Waals surface area contributed by atoms with Crippen molar-refractivity contribution in [1.29, 1.82) is 0 Å². The lowest BCUT2D eigenvalue weighted by Crippen LogP contribution is -2.06. The zero-order valence-electron chi connectivity index (χ0n) is 27.1. The molecular formula is C44H39N3. The molecule has 0 atom stereocenters. The molecule has 7 aromatic carbocycles. The summed E-state index contributed by atoms with van der Waals surface area (Å²) in [5.41, 5.74) is 14.0. The van der Waals surface area contributed by atoms with Crippen LogP contribution in [0.2, 0.25) is 0 Å². The van der Waals surface area contributed by atoms with E-state index in [2.05, 4.69) is 194 Å². The van der Waals surface area contributed by atoms with E-state index in [1.165, 1.54) is 44.2 Å². The Morgan fingerprint density at radius 1 is 0.340 bits per heavy atom. The Balaban J connectivity index is 1.27. The van der Waals surface area contributed by atoms with Gasteiger partial charge in [0.25, 0.3) is 0 Å². The summed E-state index contributed by atoms with van der Waals surface area (Å²) < 4.78 is 0. The van der Waals surface area contributed by atoms with Gasteiger partial charge >= 0.3 is 0 Å². The first-order valence-electron chi connectivity index (χ1n) is 16.2. The molecule has 7 aromatic rings. The number of fused-ring (bicyclic) bond motifs is 1. The van der Waals surface area contributed by atoms with E-state index in [0.29, 0.717) is 0 Å². The van der Waals surface area contributed by atoms with Crippen molar-refractivity contribution in [3.63, 3.8) is 0 Å². The fourth-order valence-corrected chi connectivity index (χ4v) is 6.15. The van der Waals surface area contributed by atoms with E-state index in [9.17, 15) is 0 Å². The summed E-state index contributed by atoms with van der Waals surface area (Å²) in [7, 11) is 0. The monoisotopic (exact) mass is 609 g/mol. The quantitative estimate of drug-likeness (QED) is 0.143. The molecule has 3 N–H and O–H groups in total. The molecule has 3 nitrogen and oxygen atoms in total. The van der Waals surface area contributed by atoms with Crippen molar-refractivity contribution < 1.29 is 0 Å². The number of aryl methyl sites for hydroxylation is 3. The Bertz CT molecular complexity index is 2000. The van der Waals surface area contributed by atoms with Gasteiger partial charge in [-0.05, 0) is 110 Å². The van der Waals surface area contributed by atoms with E-state index in [1.807, 2.05) is 0 Å². The molecule has 7 rings (SSSR count). The normalized spacial score (nSPS) is 11.1. The van der Waals surface area contributed by atoms with Crippen molar-refractivity contribution in [1.82, 2.24) is 0 Å². The Hall–Kier alpha value is -5.80. The first-order chi connectivity index (χ1) is 23.0. The van der Waals surface area contributed by atoms with Crippen LogP contribution in [0.1, 0.15) is 39.3 Å². The van der Waals surface area contributed by atoms with Crippen LogP contribution in [0.25, 0.3) is 10.8 Å². The highest BCUT2D eigenvalue weighted by molar-refractivity contribution is 5.98. The average Bonchev–Trinajstić information content (AvgIpc) is 3.10. The SMILES string of the molecule is Cc1ccc(Nc2ccc(C(c3ccc(Nc4ccc(C)cc4)cc3)c3ccc(Nc4ccc(C)cc4)c4ccccc34)cc2)cc1. The predicted molar refractivity (Wildman–Crippen MR) is 201 cm³/mol. The van der Waals surface area contributed by atoms with E-state index < -0.39 is 0 Å². The van der Waals surface area contributed by atoms with Gasteiger partial charge < -0.3 is 16.0 Å². The summed E-state index contributed by atoms with van der Waals surface area (Å²) in [6, 6.07) is 56.6. The summed E-state index contributed by atoms with van der Waals surface area (Å²) >= 11 is 0. The van der Waals surface area contributed by atoms with Crippen LogP contribution in [0.5, 0.6) is 0 Å². The Labute approximate surface area is 278 Å². The van der Waals surface area contributed by atoms with Crippen molar-refractivity contribution in [2.45, 2.75) is 26.7 Å². The maximum absolute atomic E-state index is 3.67. The van der Waals surface area contributed by atoms with Crippen LogP contribution in [0.15, 0.2) is 158 Å². The van der Waals surface area contributed by atoms with E-state index >= 15 is 0 Å². The number of hydrogen-bond acceptors (Lipinski definition) is 3. The highest BCUT2D eigenvalue weighted by atomic mass is 14.9. The third-order valence-corrected chi connectivity index (χ3v) is 8.77. The van der Waals surface area contributed by atoms with Gasteiger partial charge in [-0.2, -0.15) is 0 Å². The van der Waals surface area contributed by atoms with Crippen LogP contribution < -0.4 is 16.0 Å².